The minimum absolute atomic E-state index is 0.0701. The number of carbonyl (C=O) groups excluding carboxylic acids is 2. The molecule has 2 aromatic rings. The van der Waals surface area contributed by atoms with Gasteiger partial charge >= 0.3 is 0 Å². The normalized spacial score (nSPS) is 11.5. The highest BCUT2D eigenvalue weighted by Crippen LogP contribution is 2.24. The van der Waals surface area contributed by atoms with Crippen LogP contribution in [-0.2, 0) is 4.79 Å². The Bertz CT molecular complexity index is 838. The molecule has 2 aromatic carbocycles. The zero-order valence-electron chi connectivity index (χ0n) is 13.6. The van der Waals surface area contributed by atoms with Gasteiger partial charge in [0.15, 0.2) is 0 Å². The van der Waals surface area contributed by atoms with Crippen molar-refractivity contribution in [3.63, 3.8) is 0 Å². The zero-order chi connectivity index (χ0) is 18.6. The van der Waals surface area contributed by atoms with Crippen LogP contribution >= 0.6 is 11.6 Å². The molecule has 0 spiro atoms. The fourth-order valence-corrected chi connectivity index (χ4v) is 2.46. The molecule has 0 aromatic heterocycles. The minimum atomic E-state index is -0.650. The van der Waals surface area contributed by atoms with E-state index in [1.807, 2.05) is 0 Å². The van der Waals surface area contributed by atoms with E-state index in [-0.39, 0.29) is 22.2 Å². The van der Waals surface area contributed by atoms with Crippen LogP contribution in [0, 0.1) is 10.1 Å². The number of nitro groups is 1. The quantitative estimate of drug-likeness (QED) is 0.626. The third kappa shape index (κ3) is 4.77. The summed E-state index contributed by atoms with van der Waals surface area (Å²) in [5.74, 6) is -0.786. The van der Waals surface area contributed by atoms with Gasteiger partial charge in [-0.3, -0.25) is 19.7 Å². The Balaban J connectivity index is 2.21. The summed E-state index contributed by atoms with van der Waals surface area (Å²) >= 11 is 5.76. The second-order valence-electron chi connectivity index (χ2n) is 5.42. The SMILES string of the molecule is CC(=O)Nc1cccc(C(C)NC(=O)c2ccc(Cl)cc2[N+](=O)[O-])c1. The summed E-state index contributed by atoms with van der Waals surface area (Å²) in [5.41, 5.74) is 0.920. The van der Waals surface area contributed by atoms with Crippen molar-refractivity contribution in [3.05, 3.63) is 68.7 Å². The predicted octanol–water partition coefficient (Wildman–Crippen LogP) is 3.70. The number of benzene rings is 2. The summed E-state index contributed by atoms with van der Waals surface area (Å²) in [6.07, 6.45) is 0. The van der Waals surface area contributed by atoms with E-state index in [1.54, 1.807) is 31.2 Å². The van der Waals surface area contributed by atoms with Gasteiger partial charge in [0.05, 0.1) is 11.0 Å². The molecule has 0 bridgehead atoms. The van der Waals surface area contributed by atoms with Crippen LogP contribution < -0.4 is 10.6 Å². The van der Waals surface area contributed by atoms with E-state index in [0.29, 0.717) is 5.69 Å². The maximum Gasteiger partial charge on any atom is 0.283 e. The Labute approximate surface area is 149 Å². The number of carbonyl (C=O) groups is 2. The summed E-state index contributed by atoms with van der Waals surface area (Å²) in [6, 6.07) is 10.4. The van der Waals surface area contributed by atoms with Crippen molar-refractivity contribution in [2.45, 2.75) is 19.9 Å². The van der Waals surface area contributed by atoms with Gasteiger partial charge in [0.2, 0.25) is 5.91 Å². The van der Waals surface area contributed by atoms with Gasteiger partial charge in [0.25, 0.3) is 11.6 Å². The molecule has 0 aliphatic carbocycles. The molecule has 2 rings (SSSR count). The molecule has 2 amide bonds. The van der Waals surface area contributed by atoms with Crippen molar-refractivity contribution in [3.8, 4) is 0 Å². The van der Waals surface area contributed by atoms with Crippen LogP contribution in [0.5, 0.6) is 0 Å². The Morgan fingerprint density at radius 2 is 1.92 bits per heavy atom. The molecular formula is C17H16ClN3O4. The highest BCUT2D eigenvalue weighted by molar-refractivity contribution is 6.31. The van der Waals surface area contributed by atoms with Crippen LogP contribution in [0.3, 0.4) is 0 Å². The molecule has 0 aliphatic heterocycles. The van der Waals surface area contributed by atoms with E-state index in [9.17, 15) is 19.7 Å². The van der Waals surface area contributed by atoms with Crippen LogP contribution in [0.15, 0.2) is 42.5 Å². The molecule has 0 aliphatic rings. The van der Waals surface area contributed by atoms with Gasteiger partial charge in [-0.1, -0.05) is 23.7 Å². The second kappa shape index (κ2) is 7.76. The van der Waals surface area contributed by atoms with Crippen LogP contribution in [0.4, 0.5) is 11.4 Å². The first kappa shape index (κ1) is 18.4. The third-order valence-corrected chi connectivity index (χ3v) is 3.69. The summed E-state index contributed by atoms with van der Waals surface area (Å²) in [7, 11) is 0. The summed E-state index contributed by atoms with van der Waals surface area (Å²) in [5, 5.41) is 16.7. The number of rotatable bonds is 5. The first-order valence-electron chi connectivity index (χ1n) is 7.40. The highest BCUT2D eigenvalue weighted by atomic mass is 35.5. The van der Waals surface area contributed by atoms with Gasteiger partial charge in [-0.2, -0.15) is 0 Å². The maximum absolute atomic E-state index is 12.4. The Morgan fingerprint density at radius 1 is 1.20 bits per heavy atom. The number of nitrogens with one attached hydrogen (secondary N) is 2. The Morgan fingerprint density at radius 3 is 2.56 bits per heavy atom. The van der Waals surface area contributed by atoms with Gasteiger partial charge in [0, 0.05) is 23.7 Å². The lowest BCUT2D eigenvalue weighted by Gasteiger charge is -2.15. The summed E-state index contributed by atoms with van der Waals surface area (Å²) in [4.78, 5) is 34.0. The molecule has 0 radical (unpaired) electrons. The molecule has 0 heterocycles. The third-order valence-electron chi connectivity index (χ3n) is 3.46. The number of amides is 2. The molecule has 7 nitrogen and oxygen atoms in total. The van der Waals surface area contributed by atoms with Crippen LogP contribution in [0.2, 0.25) is 5.02 Å². The average Bonchev–Trinajstić information content (AvgIpc) is 2.54. The molecular weight excluding hydrogens is 346 g/mol. The van der Waals surface area contributed by atoms with Crippen molar-refractivity contribution in [2.75, 3.05) is 5.32 Å². The van der Waals surface area contributed by atoms with Crippen molar-refractivity contribution in [2.24, 2.45) is 0 Å². The standard InChI is InChI=1S/C17H16ClN3O4/c1-10(12-4-3-5-14(8-12)20-11(2)22)19-17(23)15-7-6-13(18)9-16(15)21(24)25/h3-10H,1-2H3,(H,19,23)(H,20,22). The molecule has 2 N–H and O–H groups in total. The van der Waals surface area contributed by atoms with Crippen molar-refractivity contribution < 1.29 is 14.5 Å². The predicted molar refractivity (Wildman–Crippen MR) is 94.7 cm³/mol. The summed E-state index contributed by atoms with van der Waals surface area (Å²) < 4.78 is 0. The van der Waals surface area contributed by atoms with Crippen molar-refractivity contribution in [1.29, 1.82) is 0 Å². The van der Waals surface area contributed by atoms with E-state index in [0.717, 1.165) is 11.6 Å². The second-order valence-corrected chi connectivity index (χ2v) is 5.86. The van der Waals surface area contributed by atoms with Gasteiger partial charge in [-0.05, 0) is 36.8 Å². The number of nitro benzene ring substituents is 1. The maximum atomic E-state index is 12.4. The Kier molecular flexibility index (Phi) is 5.71. The lowest BCUT2D eigenvalue weighted by atomic mass is 10.1. The molecule has 1 unspecified atom stereocenters. The lowest BCUT2D eigenvalue weighted by molar-refractivity contribution is -0.385. The molecule has 8 heteroatoms. The largest absolute Gasteiger partial charge is 0.345 e. The highest BCUT2D eigenvalue weighted by Gasteiger charge is 2.22. The number of hydrogen-bond donors (Lipinski definition) is 2. The van der Waals surface area contributed by atoms with Crippen LogP contribution in [-0.4, -0.2) is 16.7 Å². The van der Waals surface area contributed by atoms with Crippen molar-refractivity contribution >= 4 is 34.8 Å². The molecule has 0 fully saturated rings. The molecule has 1 atom stereocenters. The van der Waals surface area contributed by atoms with Gasteiger partial charge < -0.3 is 10.6 Å². The van der Waals surface area contributed by atoms with E-state index in [1.165, 1.54) is 19.1 Å². The Hall–Kier alpha value is -2.93. The van der Waals surface area contributed by atoms with Gasteiger partial charge in [0.1, 0.15) is 5.56 Å². The first-order valence-corrected chi connectivity index (χ1v) is 7.78. The molecule has 130 valence electrons. The van der Waals surface area contributed by atoms with Crippen LogP contribution in [0.1, 0.15) is 35.8 Å². The smallest absolute Gasteiger partial charge is 0.283 e. The minimum Gasteiger partial charge on any atom is -0.345 e. The van der Waals surface area contributed by atoms with Gasteiger partial charge in [-0.15, -0.1) is 0 Å². The van der Waals surface area contributed by atoms with E-state index in [4.69, 9.17) is 11.6 Å². The van der Waals surface area contributed by atoms with Crippen LogP contribution in [0.25, 0.3) is 0 Å². The number of anilines is 1. The number of hydrogen-bond acceptors (Lipinski definition) is 4. The fraction of sp³-hybridized carbons (Fsp3) is 0.176. The van der Waals surface area contributed by atoms with Gasteiger partial charge in [-0.25, -0.2) is 0 Å². The molecule has 0 saturated carbocycles. The van der Waals surface area contributed by atoms with Crippen molar-refractivity contribution in [1.82, 2.24) is 5.32 Å². The number of nitrogens with zero attached hydrogens (tertiary/aromatic N) is 1. The molecule has 25 heavy (non-hydrogen) atoms. The van der Waals surface area contributed by atoms with E-state index < -0.39 is 16.9 Å². The monoisotopic (exact) mass is 361 g/mol. The molecule has 0 saturated heterocycles. The van der Waals surface area contributed by atoms with E-state index in [2.05, 4.69) is 10.6 Å². The fourth-order valence-electron chi connectivity index (χ4n) is 2.29. The lowest BCUT2D eigenvalue weighted by Crippen LogP contribution is -2.27. The van der Waals surface area contributed by atoms with E-state index >= 15 is 0 Å². The average molecular weight is 362 g/mol. The zero-order valence-corrected chi connectivity index (χ0v) is 14.3. The first-order chi connectivity index (χ1) is 11.8. The topological polar surface area (TPSA) is 101 Å². The summed E-state index contributed by atoms with van der Waals surface area (Å²) in [6.45, 7) is 3.14. The number of halogens is 1.